The highest BCUT2D eigenvalue weighted by atomic mass is 28.2. The van der Waals surface area contributed by atoms with Gasteiger partial charge in [-0.1, -0.05) is 0 Å². The van der Waals surface area contributed by atoms with Gasteiger partial charge < -0.3 is 14.0 Å². The van der Waals surface area contributed by atoms with Crippen LogP contribution in [0.5, 0.6) is 0 Å². The van der Waals surface area contributed by atoms with Gasteiger partial charge in [-0.25, -0.2) is 0 Å². The van der Waals surface area contributed by atoms with E-state index in [4.69, 9.17) is 9.47 Å². The molecule has 64 valence electrons. The lowest BCUT2D eigenvalue weighted by molar-refractivity contribution is -0.0478. The summed E-state index contributed by atoms with van der Waals surface area (Å²) in [6, 6.07) is 0. The van der Waals surface area contributed by atoms with Crippen molar-refractivity contribution in [3.8, 4) is 0 Å². The summed E-state index contributed by atoms with van der Waals surface area (Å²) in [6.45, 7) is 2.42. The number of nitrogens with zero attached hydrogens (tertiary/aromatic N) is 1. The maximum absolute atomic E-state index is 5.11. The average molecular weight is 173 g/mol. The van der Waals surface area contributed by atoms with Crippen LogP contribution < -0.4 is 0 Å². The van der Waals surface area contributed by atoms with Gasteiger partial charge in [-0.2, -0.15) is 0 Å². The molecule has 1 rings (SSSR count). The fourth-order valence-electron chi connectivity index (χ4n) is 1.20. The van der Waals surface area contributed by atoms with Crippen LogP contribution in [0.2, 0.25) is 0 Å². The maximum atomic E-state index is 5.11. The Morgan fingerprint density at radius 2 is 1.73 bits per heavy atom. The van der Waals surface area contributed by atoms with E-state index in [1.807, 2.05) is 0 Å². The lowest BCUT2D eigenvalue weighted by Crippen LogP contribution is -2.36. The molecule has 0 amide bonds. The summed E-state index contributed by atoms with van der Waals surface area (Å²) in [4.78, 5) is 0. The molecule has 0 aromatic heterocycles. The Balaban J connectivity index is 2.16. The van der Waals surface area contributed by atoms with Gasteiger partial charge in [0, 0.05) is 14.2 Å². The largest absolute Gasteiger partial charge is 0.358 e. The molecule has 0 saturated carbocycles. The third-order valence-electron chi connectivity index (χ3n) is 1.82. The zero-order valence-electron chi connectivity index (χ0n) is 7.17. The molecule has 0 N–H and O–H groups in total. The summed E-state index contributed by atoms with van der Waals surface area (Å²) in [5, 5.41) is 0. The minimum Gasteiger partial charge on any atom is -0.358 e. The van der Waals surface area contributed by atoms with Gasteiger partial charge in [-0.05, 0) is 25.9 Å². The van der Waals surface area contributed by atoms with Gasteiger partial charge in [0.05, 0.1) is 0 Å². The minimum atomic E-state index is -0.0203. The van der Waals surface area contributed by atoms with Crippen LogP contribution in [-0.4, -0.2) is 47.5 Å². The molecule has 2 radical (unpaired) electrons. The van der Waals surface area contributed by atoms with Crippen molar-refractivity contribution in [3.63, 3.8) is 0 Å². The monoisotopic (exact) mass is 173 g/mol. The lowest BCUT2D eigenvalue weighted by atomic mass is 10.4. The van der Waals surface area contributed by atoms with Crippen LogP contribution in [0.1, 0.15) is 12.8 Å². The summed E-state index contributed by atoms with van der Waals surface area (Å²) in [5.41, 5.74) is 0. The highest BCUT2D eigenvalue weighted by Gasteiger charge is 2.17. The van der Waals surface area contributed by atoms with E-state index in [0.717, 1.165) is 0 Å². The zero-order valence-corrected chi connectivity index (χ0v) is 8.17. The topological polar surface area (TPSA) is 21.7 Å². The second-order valence-corrected chi connectivity index (χ2v) is 3.99. The smallest absolute Gasteiger partial charge is 0.216 e. The molecule has 0 aromatic rings. The van der Waals surface area contributed by atoms with Gasteiger partial charge in [0.2, 0.25) is 9.68 Å². The Hall–Kier alpha value is 0.0969. The first kappa shape index (κ1) is 9.19. The molecule has 0 unspecified atom stereocenters. The van der Waals surface area contributed by atoms with E-state index in [9.17, 15) is 0 Å². The Bertz CT molecular complexity index is 103. The first-order valence-electron chi connectivity index (χ1n) is 3.93. The molecule has 0 aromatic carbocycles. The molecule has 4 heteroatoms. The molecule has 1 saturated heterocycles. The molecule has 1 aliphatic rings. The summed E-state index contributed by atoms with van der Waals surface area (Å²) < 4.78 is 12.6. The molecule has 0 aliphatic carbocycles. The molecule has 11 heavy (non-hydrogen) atoms. The first-order chi connectivity index (χ1) is 5.36. The number of ether oxygens (including phenoxy) is 2. The van der Waals surface area contributed by atoms with Crippen LogP contribution in [0.4, 0.5) is 0 Å². The minimum absolute atomic E-state index is 0.0203. The summed E-state index contributed by atoms with van der Waals surface area (Å²) >= 11 is 0. The van der Waals surface area contributed by atoms with Gasteiger partial charge >= 0.3 is 0 Å². The fourth-order valence-corrected chi connectivity index (χ4v) is 2.28. The van der Waals surface area contributed by atoms with Crippen LogP contribution in [0.15, 0.2) is 0 Å². The lowest BCUT2D eigenvalue weighted by Gasteiger charge is -2.18. The van der Waals surface area contributed by atoms with Crippen LogP contribution in [0.25, 0.3) is 0 Å². The third-order valence-corrected chi connectivity index (χ3v) is 3.32. The Kier molecular flexibility index (Phi) is 4.07. The van der Waals surface area contributed by atoms with Crippen molar-refractivity contribution in [2.75, 3.05) is 27.3 Å². The van der Waals surface area contributed by atoms with Gasteiger partial charge in [0.1, 0.15) is 0 Å². The molecule has 1 aliphatic heterocycles. The van der Waals surface area contributed by atoms with Gasteiger partial charge in [0.25, 0.3) is 0 Å². The van der Waals surface area contributed by atoms with Crippen molar-refractivity contribution in [2.45, 2.75) is 18.8 Å². The maximum Gasteiger partial charge on any atom is 0.216 e. The molecule has 1 fully saturated rings. The third kappa shape index (κ3) is 2.90. The highest BCUT2D eigenvalue weighted by Crippen LogP contribution is 2.06. The molecule has 0 spiro atoms. The quantitative estimate of drug-likeness (QED) is 0.450. The number of hydrogen-bond donors (Lipinski definition) is 0. The number of hydrogen-bond acceptors (Lipinski definition) is 3. The van der Waals surface area contributed by atoms with Gasteiger partial charge in [-0.15, -0.1) is 0 Å². The summed E-state index contributed by atoms with van der Waals surface area (Å²) in [5.74, 6) is -0.0203. The second kappa shape index (κ2) is 4.87. The Morgan fingerprint density at radius 1 is 1.18 bits per heavy atom. The first-order valence-corrected chi connectivity index (χ1v) is 4.96. The van der Waals surface area contributed by atoms with Crippen LogP contribution in [0.3, 0.4) is 0 Å². The van der Waals surface area contributed by atoms with E-state index in [0.29, 0.717) is 9.68 Å². The second-order valence-electron chi connectivity index (χ2n) is 2.63. The average Bonchev–Trinajstić information content (AvgIpc) is 2.52. The van der Waals surface area contributed by atoms with Crippen LogP contribution in [-0.2, 0) is 9.47 Å². The van der Waals surface area contributed by atoms with Crippen molar-refractivity contribution in [3.05, 3.63) is 0 Å². The van der Waals surface area contributed by atoms with Gasteiger partial charge in [0.15, 0.2) is 5.91 Å². The molecule has 0 atom stereocenters. The molecular weight excluding hydrogens is 158 g/mol. The van der Waals surface area contributed by atoms with Crippen molar-refractivity contribution in [1.29, 1.82) is 0 Å². The van der Waals surface area contributed by atoms with E-state index < -0.39 is 0 Å². The molecule has 0 bridgehead atoms. The number of rotatable bonds is 4. The van der Waals surface area contributed by atoms with E-state index in [1.165, 1.54) is 25.9 Å². The van der Waals surface area contributed by atoms with Crippen molar-refractivity contribution in [2.24, 2.45) is 0 Å². The van der Waals surface area contributed by atoms with E-state index in [2.05, 4.69) is 4.57 Å². The van der Waals surface area contributed by atoms with Crippen molar-refractivity contribution >= 4 is 9.68 Å². The van der Waals surface area contributed by atoms with Crippen LogP contribution >= 0.6 is 0 Å². The Labute approximate surface area is 70.6 Å². The predicted octanol–water partition coefficient (Wildman–Crippen LogP) is 0.278. The van der Waals surface area contributed by atoms with E-state index in [1.54, 1.807) is 14.2 Å². The van der Waals surface area contributed by atoms with Crippen LogP contribution in [0, 0.1) is 0 Å². The predicted molar refractivity (Wildman–Crippen MR) is 44.4 cm³/mol. The van der Waals surface area contributed by atoms with E-state index >= 15 is 0 Å². The molecule has 1 heterocycles. The SMILES string of the molecule is COC(OC)[Si]N1CCCC1. The fraction of sp³-hybridized carbons (Fsp3) is 1.00. The molecule has 3 nitrogen and oxygen atoms in total. The normalized spacial score (nSPS) is 19.9. The van der Waals surface area contributed by atoms with E-state index in [-0.39, 0.29) is 5.91 Å². The molecular formula is C7H15NO2Si. The van der Waals surface area contributed by atoms with Gasteiger partial charge in [-0.3, -0.25) is 0 Å². The zero-order chi connectivity index (χ0) is 8.10. The number of methoxy groups -OCH3 is 2. The van der Waals surface area contributed by atoms with Crippen molar-refractivity contribution < 1.29 is 9.47 Å². The highest BCUT2D eigenvalue weighted by molar-refractivity contribution is 6.33. The summed E-state index contributed by atoms with van der Waals surface area (Å²) in [6.07, 6.45) is 2.65. The van der Waals surface area contributed by atoms with Crippen molar-refractivity contribution in [1.82, 2.24) is 4.57 Å². The standard InChI is InChI=1S/C7H15NO2Si/c1-9-7(10-2)11-8-5-3-4-6-8/h7H,3-6H2,1-2H3. The Morgan fingerprint density at radius 3 is 2.18 bits per heavy atom. The summed E-state index contributed by atoms with van der Waals surface area (Å²) in [7, 11) is 4.05.